The number of hydrogen-bond acceptors (Lipinski definition) is 5. The Morgan fingerprint density at radius 2 is 2.04 bits per heavy atom. The number of benzene rings is 1. The third kappa shape index (κ3) is 4.48. The van der Waals surface area contributed by atoms with Crippen LogP contribution < -0.4 is 5.32 Å². The van der Waals surface area contributed by atoms with Crippen LogP contribution in [0, 0.1) is 20.8 Å². The molecule has 1 N–H and O–H groups in total. The molecular formula is C20H22N4OS2. The summed E-state index contributed by atoms with van der Waals surface area (Å²) in [6.45, 7) is 10.5. The zero-order valence-electron chi connectivity index (χ0n) is 15.7. The maximum absolute atomic E-state index is 12.5. The number of nitrogens with one attached hydrogen (secondary N) is 1. The number of carbonyl (C=O) groups excluding carboxylic acids is 1. The van der Waals surface area contributed by atoms with Crippen molar-refractivity contribution in [3.05, 3.63) is 59.0 Å². The molecule has 1 amide bonds. The van der Waals surface area contributed by atoms with Crippen LogP contribution in [0.4, 0.5) is 5.69 Å². The number of anilines is 1. The largest absolute Gasteiger partial charge is 0.325 e. The molecule has 0 atom stereocenters. The molecule has 0 bridgehead atoms. The van der Waals surface area contributed by atoms with E-state index in [2.05, 4.69) is 41.1 Å². The number of hydrogen-bond donors (Lipinski definition) is 1. The fourth-order valence-corrected chi connectivity index (χ4v) is 4.43. The molecule has 2 heterocycles. The highest BCUT2D eigenvalue weighted by Gasteiger charge is 2.16. The van der Waals surface area contributed by atoms with E-state index >= 15 is 0 Å². The van der Waals surface area contributed by atoms with E-state index in [9.17, 15) is 4.79 Å². The number of carbonyl (C=O) groups is 1. The second-order valence-electron chi connectivity index (χ2n) is 6.29. The van der Waals surface area contributed by atoms with E-state index < -0.39 is 0 Å². The van der Waals surface area contributed by atoms with Crippen LogP contribution in [0.5, 0.6) is 0 Å². The van der Waals surface area contributed by atoms with Gasteiger partial charge in [-0.25, -0.2) is 0 Å². The van der Waals surface area contributed by atoms with Crippen LogP contribution in [0.2, 0.25) is 0 Å². The van der Waals surface area contributed by atoms with Gasteiger partial charge in [-0.1, -0.05) is 41.6 Å². The molecule has 27 heavy (non-hydrogen) atoms. The minimum atomic E-state index is -0.0547. The first kappa shape index (κ1) is 19.4. The van der Waals surface area contributed by atoms with Crippen LogP contribution in [-0.2, 0) is 11.3 Å². The molecule has 3 rings (SSSR count). The zero-order valence-corrected chi connectivity index (χ0v) is 17.3. The highest BCUT2D eigenvalue weighted by molar-refractivity contribution is 7.99. The Hall–Kier alpha value is -2.38. The molecular weight excluding hydrogens is 376 g/mol. The van der Waals surface area contributed by atoms with E-state index in [1.807, 2.05) is 42.0 Å². The Bertz CT molecular complexity index is 938. The third-order valence-corrected chi connectivity index (χ3v) is 5.88. The van der Waals surface area contributed by atoms with E-state index in [0.717, 1.165) is 27.5 Å². The molecule has 0 saturated heterocycles. The third-order valence-electron chi connectivity index (χ3n) is 4.04. The molecule has 7 heteroatoms. The predicted molar refractivity (Wildman–Crippen MR) is 114 cm³/mol. The van der Waals surface area contributed by atoms with Crippen molar-refractivity contribution in [2.24, 2.45) is 0 Å². The number of allylic oxidation sites excluding steroid dienone is 1. The number of amides is 1. The molecule has 2 aromatic heterocycles. The van der Waals surface area contributed by atoms with Gasteiger partial charge in [-0.15, -0.1) is 28.1 Å². The minimum Gasteiger partial charge on any atom is -0.325 e. The summed E-state index contributed by atoms with van der Waals surface area (Å²) in [6.07, 6.45) is 1.81. The Labute approximate surface area is 167 Å². The molecule has 0 fully saturated rings. The maximum Gasteiger partial charge on any atom is 0.234 e. The Balaban J connectivity index is 1.72. The molecule has 0 aliphatic heterocycles. The average Bonchev–Trinajstić information content (AvgIpc) is 3.26. The standard InChI is InChI=1S/C20H22N4OS2/c1-5-8-24-19(16-7-6-9-26-16)22-23-20(24)27-12-17(25)21-18-14(3)10-13(2)11-15(18)4/h5-7,9-11H,1,8,12H2,2-4H3,(H,21,25). The quantitative estimate of drug-likeness (QED) is 0.457. The van der Waals surface area contributed by atoms with Crippen LogP contribution >= 0.6 is 23.1 Å². The summed E-state index contributed by atoms with van der Waals surface area (Å²) in [4.78, 5) is 13.5. The summed E-state index contributed by atoms with van der Waals surface area (Å²) in [5.41, 5.74) is 4.22. The average molecular weight is 399 g/mol. The fourth-order valence-electron chi connectivity index (χ4n) is 2.96. The van der Waals surface area contributed by atoms with Gasteiger partial charge >= 0.3 is 0 Å². The van der Waals surface area contributed by atoms with Crippen molar-refractivity contribution < 1.29 is 4.79 Å². The van der Waals surface area contributed by atoms with Crippen molar-refractivity contribution in [2.75, 3.05) is 11.1 Å². The van der Waals surface area contributed by atoms with Crippen molar-refractivity contribution in [1.29, 1.82) is 0 Å². The summed E-state index contributed by atoms with van der Waals surface area (Å²) in [7, 11) is 0. The van der Waals surface area contributed by atoms with E-state index in [1.54, 1.807) is 11.3 Å². The van der Waals surface area contributed by atoms with Crippen LogP contribution in [0.3, 0.4) is 0 Å². The molecule has 0 aliphatic carbocycles. The Morgan fingerprint density at radius 3 is 2.67 bits per heavy atom. The first-order valence-electron chi connectivity index (χ1n) is 8.58. The molecule has 3 aromatic rings. The van der Waals surface area contributed by atoms with E-state index in [0.29, 0.717) is 11.7 Å². The smallest absolute Gasteiger partial charge is 0.234 e. The predicted octanol–water partition coefficient (Wildman–Crippen LogP) is 4.85. The molecule has 0 radical (unpaired) electrons. The maximum atomic E-state index is 12.5. The normalized spacial score (nSPS) is 10.8. The highest BCUT2D eigenvalue weighted by atomic mass is 32.2. The van der Waals surface area contributed by atoms with Gasteiger partial charge < -0.3 is 5.32 Å². The van der Waals surface area contributed by atoms with Crippen molar-refractivity contribution in [2.45, 2.75) is 32.5 Å². The van der Waals surface area contributed by atoms with Crippen LogP contribution in [0.25, 0.3) is 10.7 Å². The van der Waals surface area contributed by atoms with Crippen molar-refractivity contribution in [3.63, 3.8) is 0 Å². The van der Waals surface area contributed by atoms with Gasteiger partial charge in [0.25, 0.3) is 0 Å². The molecule has 140 valence electrons. The van der Waals surface area contributed by atoms with Gasteiger partial charge in [0.15, 0.2) is 11.0 Å². The molecule has 0 saturated carbocycles. The Kier molecular flexibility index (Phi) is 6.13. The number of thioether (sulfide) groups is 1. The monoisotopic (exact) mass is 398 g/mol. The zero-order chi connectivity index (χ0) is 19.4. The lowest BCUT2D eigenvalue weighted by Crippen LogP contribution is -2.16. The van der Waals surface area contributed by atoms with Crippen LogP contribution in [0.1, 0.15) is 16.7 Å². The summed E-state index contributed by atoms with van der Waals surface area (Å²) in [5, 5.41) is 14.3. The molecule has 0 spiro atoms. The molecule has 0 aliphatic rings. The van der Waals surface area contributed by atoms with Crippen molar-refractivity contribution in [3.8, 4) is 10.7 Å². The van der Waals surface area contributed by atoms with Gasteiger partial charge in [0, 0.05) is 12.2 Å². The SMILES string of the molecule is C=CCn1c(SCC(=O)Nc2c(C)cc(C)cc2C)nnc1-c1cccs1. The molecule has 5 nitrogen and oxygen atoms in total. The van der Waals surface area contributed by atoms with Gasteiger partial charge in [-0.05, 0) is 43.3 Å². The van der Waals surface area contributed by atoms with Gasteiger partial charge in [-0.3, -0.25) is 9.36 Å². The van der Waals surface area contributed by atoms with E-state index in [-0.39, 0.29) is 11.7 Å². The lowest BCUT2D eigenvalue weighted by Gasteiger charge is -2.13. The summed E-state index contributed by atoms with van der Waals surface area (Å²) in [5.74, 6) is 1.02. The van der Waals surface area contributed by atoms with Crippen molar-refractivity contribution >= 4 is 34.7 Å². The lowest BCUT2D eigenvalue weighted by atomic mass is 10.1. The highest BCUT2D eigenvalue weighted by Crippen LogP contribution is 2.28. The topological polar surface area (TPSA) is 59.8 Å². The van der Waals surface area contributed by atoms with Crippen molar-refractivity contribution in [1.82, 2.24) is 14.8 Å². The number of aromatic nitrogens is 3. The lowest BCUT2D eigenvalue weighted by molar-refractivity contribution is -0.113. The van der Waals surface area contributed by atoms with Gasteiger partial charge in [0.2, 0.25) is 5.91 Å². The Morgan fingerprint density at radius 1 is 1.30 bits per heavy atom. The number of aryl methyl sites for hydroxylation is 3. The number of rotatable bonds is 7. The minimum absolute atomic E-state index is 0.0547. The van der Waals surface area contributed by atoms with Crippen LogP contribution in [0.15, 0.2) is 47.5 Å². The number of thiophene rings is 1. The molecule has 1 aromatic carbocycles. The summed E-state index contributed by atoms with van der Waals surface area (Å²) >= 11 is 3.00. The van der Waals surface area contributed by atoms with Gasteiger partial charge in [0.1, 0.15) is 0 Å². The van der Waals surface area contributed by atoms with Gasteiger partial charge in [-0.2, -0.15) is 0 Å². The van der Waals surface area contributed by atoms with Crippen LogP contribution in [-0.4, -0.2) is 26.4 Å². The summed E-state index contributed by atoms with van der Waals surface area (Å²) in [6, 6.07) is 8.14. The molecule has 0 unspecified atom stereocenters. The first-order valence-corrected chi connectivity index (χ1v) is 10.4. The number of nitrogens with zero attached hydrogens (tertiary/aromatic N) is 3. The van der Waals surface area contributed by atoms with E-state index in [4.69, 9.17) is 0 Å². The second kappa shape index (κ2) is 8.54. The van der Waals surface area contributed by atoms with Gasteiger partial charge in [0.05, 0.1) is 10.6 Å². The first-order chi connectivity index (χ1) is 13.0. The fraction of sp³-hybridized carbons (Fsp3) is 0.250. The second-order valence-corrected chi connectivity index (χ2v) is 8.18. The summed E-state index contributed by atoms with van der Waals surface area (Å²) < 4.78 is 1.99. The van der Waals surface area contributed by atoms with E-state index in [1.165, 1.54) is 17.3 Å².